The van der Waals surface area contributed by atoms with Crippen molar-refractivity contribution >= 4 is 17.7 Å². The van der Waals surface area contributed by atoms with Gasteiger partial charge in [0.25, 0.3) is 0 Å². The molecule has 0 aliphatic heterocycles. The molecule has 0 radical (unpaired) electrons. The Bertz CT molecular complexity index is 502. The van der Waals surface area contributed by atoms with E-state index in [0.717, 1.165) is 6.42 Å². The first-order chi connectivity index (χ1) is 11.5. The molecule has 0 aromatic carbocycles. The largest absolute Gasteiger partial charge is 0.516 e. The molecule has 0 bridgehead atoms. The Kier molecular flexibility index (Phi) is 10.1. The van der Waals surface area contributed by atoms with Crippen molar-refractivity contribution in [1.82, 2.24) is 0 Å². The number of ketones is 2. The summed E-state index contributed by atoms with van der Waals surface area (Å²) in [6.45, 7) is 12.8. The molecule has 6 heteroatoms. The van der Waals surface area contributed by atoms with Gasteiger partial charge in [-0.25, -0.2) is 4.79 Å². The van der Waals surface area contributed by atoms with E-state index in [1.54, 1.807) is 20.8 Å². The van der Waals surface area contributed by atoms with E-state index in [9.17, 15) is 19.5 Å². The van der Waals surface area contributed by atoms with E-state index in [-0.39, 0.29) is 12.5 Å². The summed E-state index contributed by atoms with van der Waals surface area (Å²) in [4.78, 5) is 36.6. The van der Waals surface area contributed by atoms with Crippen molar-refractivity contribution in [3.8, 4) is 0 Å². The molecule has 0 heterocycles. The minimum absolute atomic E-state index is 0.0909. The molecule has 0 amide bonds. The van der Waals surface area contributed by atoms with Crippen LogP contribution in [0.15, 0.2) is 11.5 Å². The summed E-state index contributed by atoms with van der Waals surface area (Å²) in [7, 11) is 0. The van der Waals surface area contributed by atoms with Gasteiger partial charge in [-0.3, -0.25) is 9.59 Å². The molecule has 1 unspecified atom stereocenters. The normalized spacial score (nSPS) is 13.7. The van der Waals surface area contributed by atoms with Crippen molar-refractivity contribution in [2.75, 3.05) is 6.61 Å². The smallest absolute Gasteiger partial charge is 0.480 e. The Morgan fingerprint density at radius 3 is 1.84 bits per heavy atom. The molecule has 0 aliphatic carbocycles. The van der Waals surface area contributed by atoms with Crippen molar-refractivity contribution in [3.05, 3.63) is 11.5 Å². The summed E-state index contributed by atoms with van der Waals surface area (Å²) in [5.74, 6) is -2.53. The first kappa shape index (κ1) is 23.1. The summed E-state index contributed by atoms with van der Waals surface area (Å²) >= 11 is 0. The zero-order valence-electron chi connectivity index (χ0n) is 16.4. The summed E-state index contributed by atoms with van der Waals surface area (Å²) in [6, 6.07) is 0. The molecule has 0 saturated heterocycles. The van der Waals surface area contributed by atoms with Crippen LogP contribution in [0.3, 0.4) is 0 Å². The fraction of sp³-hybridized carbons (Fsp3) is 0.737. The SMILES string of the molecule is CC(C)CCC(C)C(=O)/C(C(=O)C(C)C)=C(/O)OC(=O)OCC(C)C. The second kappa shape index (κ2) is 10.9. The van der Waals surface area contributed by atoms with Crippen LogP contribution in [-0.2, 0) is 19.1 Å². The zero-order valence-corrected chi connectivity index (χ0v) is 16.4. The van der Waals surface area contributed by atoms with Gasteiger partial charge in [-0.15, -0.1) is 0 Å². The average Bonchev–Trinajstić information content (AvgIpc) is 2.50. The molecular formula is C19H32O6. The standard InChI is InChI=1S/C19H32O6/c1-11(2)8-9-14(7)17(21)15(16(20)13(5)6)18(22)25-19(23)24-10-12(3)4/h11-14,22H,8-10H2,1-7H3/b18-15-. The maximum Gasteiger partial charge on any atom is 0.516 e. The number of hydrogen-bond donors (Lipinski definition) is 1. The Morgan fingerprint density at radius 1 is 0.840 bits per heavy atom. The van der Waals surface area contributed by atoms with Crippen LogP contribution in [0.4, 0.5) is 4.79 Å². The number of hydrogen-bond acceptors (Lipinski definition) is 6. The Morgan fingerprint density at radius 2 is 1.40 bits per heavy atom. The predicted octanol–water partition coefficient (Wildman–Crippen LogP) is 4.43. The van der Waals surface area contributed by atoms with Gasteiger partial charge in [0, 0.05) is 11.8 Å². The van der Waals surface area contributed by atoms with Crippen LogP contribution < -0.4 is 0 Å². The van der Waals surface area contributed by atoms with E-state index in [4.69, 9.17) is 4.74 Å². The highest BCUT2D eigenvalue weighted by atomic mass is 16.8. The van der Waals surface area contributed by atoms with Gasteiger partial charge in [0.05, 0.1) is 6.61 Å². The van der Waals surface area contributed by atoms with Crippen molar-refractivity contribution in [2.24, 2.45) is 23.7 Å². The van der Waals surface area contributed by atoms with Crippen LogP contribution in [0, 0.1) is 23.7 Å². The number of aliphatic hydroxyl groups is 1. The van der Waals surface area contributed by atoms with Gasteiger partial charge in [-0.05, 0) is 18.3 Å². The molecule has 1 N–H and O–H groups in total. The number of carbonyl (C=O) groups excluding carboxylic acids is 3. The van der Waals surface area contributed by atoms with Crippen LogP contribution >= 0.6 is 0 Å². The van der Waals surface area contributed by atoms with E-state index in [0.29, 0.717) is 12.3 Å². The molecule has 0 aromatic rings. The van der Waals surface area contributed by atoms with Gasteiger partial charge in [-0.2, -0.15) is 0 Å². The van der Waals surface area contributed by atoms with Gasteiger partial charge in [0.2, 0.25) is 0 Å². The maximum atomic E-state index is 12.6. The lowest BCUT2D eigenvalue weighted by atomic mass is 9.88. The van der Waals surface area contributed by atoms with E-state index in [1.165, 1.54) is 0 Å². The quantitative estimate of drug-likeness (QED) is 0.205. The van der Waals surface area contributed by atoms with Crippen molar-refractivity contribution in [1.29, 1.82) is 0 Å². The lowest BCUT2D eigenvalue weighted by Gasteiger charge is -2.16. The summed E-state index contributed by atoms with van der Waals surface area (Å²) in [5.41, 5.74) is -0.465. The number of aliphatic hydroxyl groups excluding tert-OH is 1. The van der Waals surface area contributed by atoms with Crippen molar-refractivity contribution in [2.45, 2.75) is 61.3 Å². The second-order valence-corrected chi connectivity index (χ2v) is 7.49. The first-order valence-corrected chi connectivity index (χ1v) is 8.83. The van der Waals surface area contributed by atoms with Crippen LogP contribution in [0.25, 0.3) is 0 Å². The van der Waals surface area contributed by atoms with Crippen LogP contribution in [-0.4, -0.2) is 29.4 Å². The van der Waals surface area contributed by atoms with E-state index >= 15 is 0 Å². The molecule has 0 fully saturated rings. The molecule has 1 atom stereocenters. The van der Waals surface area contributed by atoms with Crippen LogP contribution in [0.5, 0.6) is 0 Å². The van der Waals surface area contributed by atoms with E-state index in [2.05, 4.69) is 4.74 Å². The highest BCUT2D eigenvalue weighted by molar-refractivity contribution is 6.21. The van der Waals surface area contributed by atoms with Gasteiger partial charge in [0.15, 0.2) is 11.6 Å². The summed E-state index contributed by atoms with van der Waals surface area (Å²) in [5, 5.41) is 10.1. The molecule has 6 nitrogen and oxygen atoms in total. The molecule has 0 saturated carbocycles. The third kappa shape index (κ3) is 8.70. The highest BCUT2D eigenvalue weighted by Crippen LogP contribution is 2.21. The fourth-order valence-electron chi connectivity index (χ4n) is 1.98. The zero-order chi connectivity index (χ0) is 19.7. The predicted molar refractivity (Wildman–Crippen MR) is 95.0 cm³/mol. The average molecular weight is 356 g/mol. The lowest BCUT2D eigenvalue weighted by Crippen LogP contribution is -2.26. The summed E-state index contributed by atoms with van der Waals surface area (Å²) in [6.07, 6.45) is 0.257. The molecule has 0 aliphatic rings. The third-order valence-electron chi connectivity index (χ3n) is 3.57. The Balaban J connectivity index is 5.35. The second-order valence-electron chi connectivity index (χ2n) is 7.49. The Labute approximate surface area is 150 Å². The molecule has 144 valence electrons. The minimum atomic E-state index is -1.14. The molecule has 0 spiro atoms. The first-order valence-electron chi connectivity index (χ1n) is 8.83. The summed E-state index contributed by atoms with van der Waals surface area (Å²) < 4.78 is 9.47. The van der Waals surface area contributed by atoms with Crippen LogP contribution in [0.1, 0.15) is 61.3 Å². The third-order valence-corrected chi connectivity index (χ3v) is 3.57. The number of allylic oxidation sites excluding steroid dienone is 1. The fourth-order valence-corrected chi connectivity index (χ4v) is 1.98. The maximum absolute atomic E-state index is 12.6. The molecular weight excluding hydrogens is 324 g/mol. The number of Topliss-reactive ketones (excluding diaryl/α,β-unsaturated/α-hetero) is 2. The number of ether oxygens (including phenoxy) is 2. The van der Waals surface area contributed by atoms with Crippen molar-refractivity contribution in [3.63, 3.8) is 0 Å². The van der Waals surface area contributed by atoms with Gasteiger partial charge >= 0.3 is 12.1 Å². The van der Waals surface area contributed by atoms with Gasteiger partial charge < -0.3 is 14.6 Å². The van der Waals surface area contributed by atoms with Gasteiger partial charge in [0.1, 0.15) is 5.57 Å². The topological polar surface area (TPSA) is 89.9 Å². The van der Waals surface area contributed by atoms with Gasteiger partial charge in [-0.1, -0.05) is 54.9 Å². The monoisotopic (exact) mass is 356 g/mol. The molecule has 25 heavy (non-hydrogen) atoms. The van der Waals surface area contributed by atoms with Crippen molar-refractivity contribution < 1.29 is 29.0 Å². The molecule has 0 rings (SSSR count). The number of carbonyl (C=O) groups is 3. The highest BCUT2D eigenvalue weighted by Gasteiger charge is 2.31. The number of rotatable bonds is 10. The van der Waals surface area contributed by atoms with E-state index in [1.807, 2.05) is 27.7 Å². The Hall–Kier alpha value is -1.85. The lowest BCUT2D eigenvalue weighted by molar-refractivity contribution is -0.125. The minimum Gasteiger partial charge on any atom is -0.480 e. The van der Waals surface area contributed by atoms with Crippen LogP contribution in [0.2, 0.25) is 0 Å². The van der Waals surface area contributed by atoms with E-state index < -0.39 is 41.1 Å². The molecule has 0 aromatic heterocycles.